The third-order valence-electron chi connectivity index (χ3n) is 3.97. The molecule has 22 heavy (non-hydrogen) atoms. The van der Waals surface area contributed by atoms with Crippen molar-refractivity contribution in [3.8, 4) is 0 Å². The lowest BCUT2D eigenvalue weighted by atomic mass is 10.1. The highest BCUT2D eigenvalue weighted by Gasteiger charge is 2.60. The van der Waals surface area contributed by atoms with Gasteiger partial charge in [0.25, 0.3) is 0 Å². The molecule has 1 aliphatic carbocycles. The van der Waals surface area contributed by atoms with Gasteiger partial charge in [-0.3, -0.25) is 0 Å². The summed E-state index contributed by atoms with van der Waals surface area (Å²) in [7, 11) is -3.50. The van der Waals surface area contributed by atoms with Crippen molar-refractivity contribution in [2.45, 2.75) is 16.1 Å². The van der Waals surface area contributed by atoms with Crippen molar-refractivity contribution in [3.05, 3.63) is 65.2 Å². The second kappa shape index (κ2) is 5.65. The van der Waals surface area contributed by atoms with Crippen LogP contribution in [0.15, 0.2) is 59.5 Å². The molecule has 0 aromatic heterocycles. The van der Waals surface area contributed by atoms with Crippen LogP contribution in [0.2, 0.25) is 5.02 Å². The van der Waals surface area contributed by atoms with E-state index < -0.39 is 15.1 Å². The normalized spacial score (nSPS) is 24.0. The second-order valence-electron chi connectivity index (χ2n) is 5.33. The van der Waals surface area contributed by atoms with E-state index in [-0.39, 0.29) is 21.7 Å². The molecule has 0 spiro atoms. The van der Waals surface area contributed by atoms with E-state index in [1.165, 1.54) is 12.1 Å². The Morgan fingerprint density at radius 1 is 1.05 bits per heavy atom. The molecule has 3 nitrogen and oxygen atoms in total. The third-order valence-corrected chi connectivity index (χ3v) is 6.72. The fourth-order valence-corrected chi connectivity index (χ4v) is 5.52. The lowest BCUT2D eigenvalue weighted by Gasteiger charge is -2.04. The predicted molar refractivity (Wildman–Crippen MR) is 91.9 cm³/mol. The Labute approximate surface area is 140 Å². The molecule has 2 N–H and O–H groups in total. The number of hydrogen-bond acceptors (Lipinski definition) is 3. The summed E-state index contributed by atoms with van der Waals surface area (Å²) in [5.74, 6) is -0.502. The minimum absolute atomic E-state index is 0.181. The molecular formula is C16H14ClNO2S2. The quantitative estimate of drug-likeness (QED) is 0.859. The first-order valence-corrected chi connectivity index (χ1v) is 9.10. The van der Waals surface area contributed by atoms with E-state index in [0.717, 1.165) is 5.56 Å². The zero-order chi connectivity index (χ0) is 15.9. The van der Waals surface area contributed by atoms with Gasteiger partial charge in [-0.1, -0.05) is 54.2 Å². The summed E-state index contributed by atoms with van der Waals surface area (Å²) in [5.41, 5.74) is 6.71. The van der Waals surface area contributed by atoms with Crippen molar-refractivity contribution >= 4 is 38.6 Å². The molecule has 0 amide bonds. The third kappa shape index (κ3) is 2.64. The Balaban J connectivity index is 1.99. The van der Waals surface area contributed by atoms with E-state index in [9.17, 15) is 8.42 Å². The summed E-state index contributed by atoms with van der Waals surface area (Å²) in [6.07, 6.45) is 0. The molecule has 0 bridgehead atoms. The van der Waals surface area contributed by atoms with Crippen molar-refractivity contribution in [1.29, 1.82) is 0 Å². The van der Waals surface area contributed by atoms with Crippen LogP contribution >= 0.6 is 23.8 Å². The van der Waals surface area contributed by atoms with Crippen LogP contribution in [-0.2, 0) is 9.84 Å². The molecule has 2 aromatic carbocycles. The molecular weight excluding hydrogens is 338 g/mol. The van der Waals surface area contributed by atoms with Crippen molar-refractivity contribution in [2.24, 2.45) is 11.7 Å². The Hall–Kier alpha value is -1.43. The number of nitrogens with two attached hydrogens (primary N) is 1. The van der Waals surface area contributed by atoms with Gasteiger partial charge in [0.1, 0.15) is 0 Å². The van der Waals surface area contributed by atoms with Gasteiger partial charge in [0.15, 0.2) is 9.84 Å². The van der Waals surface area contributed by atoms with Gasteiger partial charge in [-0.2, -0.15) is 0 Å². The van der Waals surface area contributed by atoms with E-state index in [2.05, 4.69) is 0 Å². The summed E-state index contributed by atoms with van der Waals surface area (Å²) in [6, 6.07) is 15.7. The van der Waals surface area contributed by atoms with E-state index in [1.54, 1.807) is 12.1 Å². The molecule has 2 aromatic rings. The molecule has 0 radical (unpaired) electrons. The summed E-state index contributed by atoms with van der Waals surface area (Å²) < 4.78 is 25.7. The van der Waals surface area contributed by atoms with Crippen LogP contribution in [0.4, 0.5) is 0 Å². The second-order valence-corrected chi connectivity index (χ2v) is 8.34. The van der Waals surface area contributed by atoms with Gasteiger partial charge in [-0.25, -0.2) is 8.42 Å². The number of halogens is 1. The smallest absolute Gasteiger partial charge is 0.182 e. The van der Waals surface area contributed by atoms with Gasteiger partial charge < -0.3 is 5.73 Å². The molecule has 3 rings (SSSR count). The van der Waals surface area contributed by atoms with E-state index in [4.69, 9.17) is 29.6 Å². The fraction of sp³-hybridized carbons (Fsp3) is 0.188. The summed E-state index contributed by atoms with van der Waals surface area (Å²) in [4.78, 5) is 0.498. The fourth-order valence-electron chi connectivity index (χ4n) is 2.86. The zero-order valence-corrected chi connectivity index (χ0v) is 13.9. The first-order valence-electron chi connectivity index (χ1n) is 6.76. The maximum atomic E-state index is 12.8. The zero-order valence-electron chi connectivity index (χ0n) is 11.5. The monoisotopic (exact) mass is 351 g/mol. The van der Waals surface area contributed by atoms with E-state index in [0.29, 0.717) is 5.02 Å². The van der Waals surface area contributed by atoms with Crippen LogP contribution in [-0.4, -0.2) is 18.7 Å². The lowest BCUT2D eigenvalue weighted by Crippen LogP contribution is -2.17. The number of rotatable bonds is 4. The molecule has 6 heteroatoms. The van der Waals surface area contributed by atoms with Gasteiger partial charge in [0.2, 0.25) is 0 Å². The van der Waals surface area contributed by atoms with Crippen LogP contribution < -0.4 is 5.73 Å². The molecule has 0 aliphatic heterocycles. The molecule has 0 heterocycles. The summed E-state index contributed by atoms with van der Waals surface area (Å²) in [6.45, 7) is 0. The standard InChI is InChI=1S/C16H14ClNO2S2/c17-11-6-8-12(9-7-11)22(19,20)15-13(14(15)16(18)21)10-4-2-1-3-5-10/h1-9,13-15H,(H2,18,21)/t13-,14-,15-/m1/s1. The number of benzene rings is 2. The minimum Gasteiger partial charge on any atom is -0.393 e. The van der Waals surface area contributed by atoms with Crippen molar-refractivity contribution in [3.63, 3.8) is 0 Å². The topological polar surface area (TPSA) is 60.2 Å². The molecule has 0 saturated heterocycles. The largest absolute Gasteiger partial charge is 0.393 e. The van der Waals surface area contributed by atoms with Crippen LogP contribution in [0, 0.1) is 5.92 Å². The lowest BCUT2D eigenvalue weighted by molar-refractivity contribution is 0.593. The molecule has 1 fully saturated rings. The maximum Gasteiger partial charge on any atom is 0.182 e. The average Bonchev–Trinajstić information content (AvgIpc) is 3.25. The van der Waals surface area contributed by atoms with Crippen LogP contribution in [0.3, 0.4) is 0 Å². The van der Waals surface area contributed by atoms with E-state index in [1.807, 2.05) is 30.3 Å². The molecule has 1 saturated carbocycles. The molecule has 0 unspecified atom stereocenters. The Morgan fingerprint density at radius 2 is 1.64 bits per heavy atom. The highest BCUT2D eigenvalue weighted by Crippen LogP contribution is 2.54. The predicted octanol–water partition coefficient (Wildman–Crippen LogP) is 3.18. The first kappa shape index (κ1) is 15.5. The number of sulfone groups is 1. The van der Waals surface area contributed by atoms with Crippen molar-refractivity contribution < 1.29 is 8.42 Å². The van der Waals surface area contributed by atoms with Gasteiger partial charge in [-0.05, 0) is 29.8 Å². The first-order chi connectivity index (χ1) is 10.4. The van der Waals surface area contributed by atoms with Gasteiger partial charge >= 0.3 is 0 Å². The van der Waals surface area contributed by atoms with Crippen LogP contribution in [0.5, 0.6) is 0 Å². The highest BCUT2D eigenvalue weighted by molar-refractivity contribution is 7.92. The maximum absolute atomic E-state index is 12.8. The Morgan fingerprint density at radius 3 is 2.18 bits per heavy atom. The van der Waals surface area contributed by atoms with E-state index >= 15 is 0 Å². The molecule has 114 valence electrons. The number of hydrogen-bond donors (Lipinski definition) is 1. The molecule has 1 aliphatic rings. The summed E-state index contributed by atoms with van der Waals surface area (Å²) >= 11 is 10.9. The van der Waals surface area contributed by atoms with Crippen molar-refractivity contribution in [2.75, 3.05) is 0 Å². The van der Waals surface area contributed by atoms with Gasteiger partial charge in [0, 0.05) is 16.9 Å². The summed E-state index contributed by atoms with van der Waals surface area (Å²) in [5, 5.41) is -0.103. The van der Waals surface area contributed by atoms with Gasteiger partial charge in [0.05, 0.1) is 15.1 Å². The number of thiocarbonyl (C=S) groups is 1. The van der Waals surface area contributed by atoms with Crippen LogP contribution in [0.1, 0.15) is 11.5 Å². The molecule has 3 atom stereocenters. The minimum atomic E-state index is -3.50. The van der Waals surface area contributed by atoms with Crippen LogP contribution in [0.25, 0.3) is 0 Å². The SMILES string of the molecule is NC(=S)[C@@H]1[C@@H](c2ccccc2)[C@H]1S(=O)(=O)c1ccc(Cl)cc1. The average molecular weight is 352 g/mol. The van der Waals surface area contributed by atoms with Gasteiger partial charge in [-0.15, -0.1) is 0 Å². The highest BCUT2D eigenvalue weighted by atomic mass is 35.5. The Bertz CT molecular complexity index is 804. The Kier molecular flexibility index (Phi) is 3.97. The van der Waals surface area contributed by atoms with Crippen molar-refractivity contribution in [1.82, 2.24) is 0 Å².